The topological polar surface area (TPSA) is 33.1 Å². The summed E-state index contributed by atoms with van der Waals surface area (Å²) in [4.78, 5) is 7.13. The quantitative estimate of drug-likeness (QED) is 0.886. The summed E-state index contributed by atoms with van der Waals surface area (Å²) in [5.74, 6) is 1.14. The van der Waals surface area contributed by atoms with Crippen LogP contribution in [0, 0.1) is 0 Å². The molecule has 0 bridgehead atoms. The Morgan fingerprint density at radius 3 is 2.52 bits per heavy atom. The van der Waals surface area contributed by atoms with Gasteiger partial charge in [0, 0.05) is 25.0 Å². The lowest BCUT2D eigenvalue weighted by Crippen LogP contribution is -2.57. The maximum Gasteiger partial charge on any atom is 0.111 e. The zero-order chi connectivity index (χ0) is 15.6. The first-order valence-electron chi connectivity index (χ1n) is 7.69. The SMILES string of the molecule is CCC(C)(C(Cc1nc2ccccc2n1C)NC)N(C)C. The van der Waals surface area contributed by atoms with Crippen molar-refractivity contribution >= 4 is 11.0 Å². The number of rotatable bonds is 6. The number of hydrogen-bond donors (Lipinski definition) is 1. The lowest BCUT2D eigenvalue weighted by molar-refractivity contribution is 0.115. The Labute approximate surface area is 128 Å². The van der Waals surface area contributed by atoms with E-state index >= 15 is 0 Å². The van der Waals surface area contributed by atoms with Crippen LogP contribution in [0.5, 0.6) is 0 Å². The molecule has 2 unspecified atom stereocenters. The second kappa shape index (κ2) is 6.16. The average Bonchev–Trinajstić information content (AvgIpc) is 2.80. The number of likely N-dealkylation sites (N-methyl/N-ethyl adjacent to an activating group) is 2. The first kappa shape index (κ1) is 16.0. The van der Waals surface area contributed by atoms with Gasteiger partial charge in [-0.05, 0) is 46.6 Å². The number of hydrogen-bond acceptors (Lipinski definition) is 3. The number of nitrogens with zero attached hydrogens (tertiary/aromatic N) is 3. The number of aryl methyl sites for hydroxylation is 1. The van der Waals surface area contributed by atoms with Crippen LogP contribution in [0.25, 0.3) is 11.0 Å². The molecule has 0 amide bonds. The lowest BCUT2D eigenvalue weighted by atomic mass is 9.86. The highest BCUT2D eigenvalue weighted by Crippen LogP contribution is 2.24. The van der Waals surface area contributed by atoms with Gasteiger partial charge in [-0.3, -0.25) is 0 Å². The summed E-state index contributed by atoms with van der Waals surface area (Å²) in [6, 6.07) is 8.68. The van der Waals surface area contributed by atoms with Gasteiger partial charge in [0.1, 0.15) is 5.82 Å². The molecule has 2 aromatic rings. The highest BCUT2D eigenvalue weighted by atomic mass is 15.2. The number of aromatic nitrogens is 2. The van der Waals surface area contributed by atoms with Crippen LogP contribution in [-0.2, 0) is 13.5 Å². The molecule has 4 heteroatoms. The standard InChI is InChI=1S/C17H28N4/c1-7-17(2,20(4)5)15(18-3)12-16-19-13-10-8-9-11-14(13)21(16)6/h8-11,15,18H,7,12H2,1-6H3. The predicted molar refractivity (Wildman–Crippen MR) is 89.6 cm³/mol. The van der Waals surface area contributed by atoms with Crippen LogP contribution < -0.4 is 5.32 Å². The molecule has 4 nitrogen and oxygen atoms in total. The molecule has 0 saturated heterocycles. The van der Waals surface area contributed by atoms with Crippen molar-refractivity contribution in [3.8, 4) is 0 Å². The van der Waals surface area contributed by atoms with Gasteiger partial charge in [0.15, 0.2) is 0 Å². The normalized spacial score (nSPS) is 16.3. The molecule has 1 aromatic heterocycles. The summed E-state index contributed by atoms with van der Waals surface area (Å²) in [5.41, 5.74) is 2.38. The third kappa shape index (κ3) is 2.83. The molecular weight excluding hydrogens is 260 g/mol. The minimum atomic E-state index is 0.104. The van der Waals surface area contributed by atoms with Gasteiger partial charge in [-0.25, -0.2) is 4.98 Å². The van der Waals surface area contributed by atoms with Crippen molar-refractivity contribution in [1.29, 1.82) is 0 Å². The van der Waals surface area contributed by atoms with Gasteiger partial charge >= 0.3 is 0 Å². The van der Waals surface area contributed by atoms with Crippen molar-refractivity contribution in [1.82, 2.24) is 19.8 Å². The minimum absolute atomic E-state index is 0.104. The summed E-state index contributed by atoms with van der Waals surface area (Å²) in [6.45, 7) is 4.57. The Morgan fingerprint density at radius 2 is 2.00 bits per heavy atom. The molecule has 2 rings (SSSR count). The number of fused-ring (bicyclic) bond motifs is 1. The van der Waals surface area contributed by atoms with Crippen LogP contribution in [0.4, 0.5) is 0 Å². The molecule has 0 aliphatic heterocycles. The molecule has 0 spiro atoms. The summed E-state index contributed by atoms with van der Waals surface area (Å²) in [5, 5.41) is 3.50. The zero-order valence-electron chi connectivity index (χ0n) is 14.1. The molecule has 1 aromatic carbocycles. The fourth-order valence-electron chi connectivity index (χ4n) is 3.07. The van der Waals surface area contributed by atoms with Crippen molar-refractivity contribution in [2.24, 2.45) is 7.05 Å². The zero-order valence-corrected chi connectivity index (χ0v) is 14.1. The largest absolute Gasteiger partial charge is 0.331 e. The van der Waals surface area contributed by atoms with E-state index in [1.165, 1.54) is 5.52 Å². The van der Waals surface area contributed by atoms with E-state index in [4.69, 9.17) is 4.98 Å². The van der Waals surface area contributed by atoms with Crippen molar-refractivity contribution < 1.29 is 0 Å². The molecule has 0 fully saturated rings. The molecule has 0 radical (unpaired) electrons. The van der Waals surface area contributed by atoms with Gasteiger partial charge < -0.3 is 14.8 Å². The van der Waals surface area contributed by atoms with E-state index in [0.29, 0.717) is 6.04 Å². The summed E-state index contributed by atoms with van der Waals surface area (Å²) >= 11 is 0. The molecule has 116 valence electrons. The maximum atomic E-state index is 4.81. The smallest absolute Gasteiger partial charge is 0.111 e. The number of imidazole rings is 1. The maximum absolute atomic E-state index is 4.81. The summed E-state index contributed by atoms with van der Waals surface area (Å²) < 4.78 is 2.21. The predicted octanol–water partition coefficient (Wildman–Crippen LogP) is 2.43. The van der Waals surface area contributed by atoms with Gasteiger partial charge in [0.2, 0.25) is 0 Å². The van der Waals surface area contributed by atoms with E-state index in [0.717, 1.165) is 24.2 Å². The Bertz CT molecular complexity index is 602. The molecule has 1 heterocycles. The monoisotopic (exact) mass is 288 g/mol. The van der Waals surface area contributed by atoms with E-state index in [-0.39, 0.29) is 5.54 Å². The number of para-hydroxylation sites is 2. The lowest BCUT2D eigenvalue weighted by Gasteiger charge is -2.42. The first-order valence-corrected chi connectivity index (χ1v) is 7.69. The van der Waals surface area contributed by atoms with Crippen LogP contribution in [0.15, 0.2) is 24.3 Å². The van der Waals surface area contributed by atoms with Crippen LogP contribution in [0.1, 0.15) is 26.1 Å². The number of nitrogens with one attached hydrogen (secondary N) is 1. The van der Waals surface area contributed by atoms with Gasteiger partial charge in [-0.1, -0.05) is 19.1 Å². The Kier molecular flexibility index (Phi) is 4.69. The van der Waals surface area contributed by atoms with E-state index in [1.54, 1.807) is 0 Å². The van der Waals surface area contributed by atoms with Crippen molar-refractivity contribution in [3.05, 3.63) is 30.1 Å². The van der Waals surface area contributed by atoms with Crippen molar-refractivity contribution in [2.75, 3.05) is 21.1 Å². The first-order chi connectivity index (χ1) is 9.93. The van der Waals surface area contributed by atoms with Crippen molar-refractivity contribution in [3.63, 3.8) is 0 Å². The summed E-state index contributed by atoms with van der Waals surface area (Å²) in [7, 11) is 8.46. The van der Waals surface area contributed by atoms with Gasteiger partial charge in [0.25, 0.3) is 0 Å². The number of benzene rings is 1. The molecule has 21 heavy (non-hydrogen) atoms. The summed E-state index contributed by atoms with van der Waals surface area (Å²) in [6.07, 6.45) is 2.01. The Morgan fingerprint density at radius 1 is 1.33 bits per heavy atom. The molecule has 0 aliphatic rings. The van der Waals surface area contributed by atoms with E-state index in [9.17, 15) is 0 Å². The van der Waals surface area contributed by atoms with E-state index < -0.39 is 0 Å². The third-order valence-corrected chi connectivity index (χ3v) is 5.10. The third-order valence-electron chi connectivity index (χ3n) is 5.10. The van der Waals surface area contributed by atoms with E-state index in [1.807, 2.05) is 13.1 Å². The molecular formula is C17H28N4. The van der Waals surface area contributed by atoms with Gasteiger partial charge in [0.05, 0.1) is 11.0 Å². The van der Waals surface area contributed by atoms with Gasteiger partial charge in [-0.2, -0.15) is 0 Å². The minimum Gasteiger partial charge on any atom is -0.331 e. The van der Waals surface area contributed by atoms with E-state index in [2.05, 4.69) is 68.0 Å². The van der Waals surface area contributed by atoms with Crippen LogP contribution in [-0.4, -0.2) is 47.2 Å². The Hall–Kier alpha value is -1.39. The fourth-order valence-corrected chi connectivity index (χ4v) is 3.07. The highest BCUT2D eigenvalue weighted by molar-refractivity contribution is 5.75. The van der Waals surface area contributed by atoms with Gasteiger partial charge in [-0.15, -0.1) is 0 Å². The van der Waals surface area contributed by atoms with Crippen LogP contribution >= 0.6 is 0 Å². The van der Waals surface area contributed by atoms with Crippen molar-refractivity contribution in [2.45, 2.75) is 38.3 Å². The van der Waals surface area contributed by atoms with Crippen LogP contribution in [0.3, 0.4) is 0 Å². The average molecular weight is 288 g/mol. The second-order valence-corrected chi connectivity index (χ2v) is 6.23. The second-order valence-electron chi connectivity index (χ2n) is 6.23. The fraction of sp³-hybridized carbons (Fsp3) is 0.588. The molecule has 0 aliphatic carbocycles. The Balaban J connectivity index is 2.35. The highest BCUT2D eigenvalue weighted by Gasteiger charge is 2.34. The van der Waals surface area contributed by atoms with Crippen LogP contribution in [0.2, 0.25) is 0 Å². The molecule has 0 saturated carbocycles. The molecule has 2 atom stereocenters. The molecule has 1 N–H and O–H groups in total.